The molecule has 0 saturated heterocycles. The zero-order valence-electron chi connectivity index (χ0n) is 18.0. The fourth-order valence-corrected chi connectivity index (χ4v) is 8.13. The molecule has 1 N–H and O–H groups in total. The van der Waals surface area contributed by atoms with Gasteiger partial charge in [0.25, 0.3) is 0 Å². The van der Waals surface area contributed by atoms with Crippen LogP contribution in [0.3, 0.4) is 0 Å². The van der Waals surface area contributed by atoms with Gasteiger partial charge in [0.15, 0.2) is 17.3 Å². The summed E-state index contributed by atoms with van der Waals surface area (Å²) in [5.41, 5.74) is 2.05. The lowest BCUT2D eigenvalue weighted by Gasteiger charge is -2.47. The lowest BCUT2D eigenvalue weighted by Crippen LogP contribution is -2.53. The molecule has 1 saturated carbocycles. The van der Waals surface area contributed by atoms with Crippen molar-refractivity contribution in [1.82, 2.24) is 0 Å². The van der Waals surface area contributed by atoms with E-state index in [1.807, 2.05) is 60.7 Å². The molecule has 2 unspecified atom stereocenters. The summed E-state index contributed by atoms with van der Waals surface area (Å²) in [4.78, 5) is 41.9. The van der Waals surface area contributed by atoms with Crippen molar-refractivity contribution in [3.8, 4) is 5.75 Å². The third kappa shape index (κ3) is 1.56. The topological polar surface area (TPSA) is 71.4 Å². The van der Waals surface area contributed by atoms with E-state index in [1.54, 1.807) is 6.07 Å². The highest BCUT2D eigenvalue weighted by Crippen LogP contribution is 2.74. The van der Waals surface area contributed by atoms with Crippen molar-refractivity contribution < 1.29 is 19.5 Å². The summed E-state index contributed by atoms with van der Waals surface area (Å²) in [7, 11) is 0. The average Bonchev–Trinajstić information content (AvgIpc) is 3.20. The number of phenolic OH excluding ortho intramolecular Hbond substituents is 1. The van der Waals surface area contributed by atoms with Gasteiger partial charge in [0.05, 0.1) is 16.9 Å². The second kappa shape index (κ2) is 5.53. The Hall–Kier alpha value is -4.05. The van der Waals surface area contributed by atoms with Gasteiger partial charge < -0.3 is 5.11 Å². The quantitative estimate of drug-likeness (QED) is 0.400. The lowest BCUT2D eigenvalue weighted by molar-refractivity contribution is -0.124. The molecule has 4 atom stereocenters. The molecule has 4 aliphatic rings. The number of aromatic hydroxyl groups is 1. The second-order valence-corrected chi connectivity index (χ2v) is 9.95. The van der Waals surface area contributed by atoms with E-state index in [2.05, 4.69) is 6.07 Å². The molecule has 4 heteroatoms. The predicted octanol–water partition coefficient (Wildman–Crippen LogP) is 4.73. The second-order valence-electron chi connectivity index (χ2n) is 9.95. The Morgan fingerprint density at radius 1 is 0.735 bits per heavy atom. The van der Waals surface area contributed by atoms with Crippen molar-refractivity contribution in [3.63, 3.8) is 0 Å². The van der Waals surface area contributed by atoms with Gasteiger partial charge >= 0.3 is 0 Å². The van der Waals surface area contributed by atoms with Crippen LogP contribution < -0.4 is 0 Å². The van der Waals surface area contributed by atoms with Gasteiger partial charge in [0, 0.05) is 17.4 Å². The van der Waals surface area contributed by atoms with Crippen LogP contribution in [-0.2, 0) is 15.6 Å². The first-order valence-corrected chi connectivity index (χ1v) is 11.6. The van der Waals surface area contributed by atoms with E-state index in [4.69, 9.17) is 0 Å². The summed E-state index contributed by atoms with van der Waals surface area (Å²) < 4.78 is 0. The molecule has 0 amide bonds. The molecule has 4 aliphatic carbocycles. The molecule has 4 aromatic carbocycles. The van der Waals surface area contributed by atoms with Crippen LogP contribution in [0.25, 0.3) is 10.8 Å². The smallest absolute Gasteiger partial charge is 0.174 e. The van der Waals surface area contributed by atoms with Crippen LogP contribution in [0.2, 0.25) is 0 Å². The van der Waals surface area contributed by atoms with Gasteiger partial charge in [-0.15, -0.1) is 0 Å². The number of rotatable bonds is 0. The SMILES string of the molecule is O=C1C[C@@H]2C3C(=O)c4ccccc4C4(C3=O)c3cccc5cccc(c35)[C@@]24c2cccc(O)c21. The van der Waals surface area contributed by atoms with E-state index in [1.165, 1.54) is 6.07 Å². The Labute approximate surface area is 194 Å². The van der Waals surface area contributed by atoms with E-state index in [-0.39, 0.29) is 35.1 Å². The maximum Gasteiger partial charge on any atom is 0.174 e. The van der Waals surface area contributed by atoms with Crippen LogP contribution in [-0.4, -0.2) is 22.5 Å². The van der Waals surface area contributed by atoms with Crippen molar-refractivity contribution in [1.29, 1.82) is 0 Å². The van der Waals surface area contributed by atoms with Crippen LogP contribution in [0, 0.1) is 11.8 Å². The normalized spacial score (nSPS) is 29.6. The predicted molar refractivity (Wildman–Crippen MR) is 125 cm³/mol. The molecule has 4 nitrogen and oxygen atoms in total. The van der Waals surface area contributed by atoms with Crippen LogP contribution in [0.1, 0.15) is 49.4 Å². The first kappa shape index (κ1) is 18.4. The minimum atomic E-state index is -1.13. The van der Waals surface area contributed by atoms with E-state index >= 15 is 0 Å². The number of fused-ring (bicyclic) bond motifs is 4. The van der Waals surface area contributed by atoms with Crippen molar-refractivity contribution >= 4 is 28.1 Å². The summed E-state index contributed by atoms with van der Waals surface area (Å²) >= 11 is 0. The largest absolute Gasteiger partial charge is 0.507 e. The molecule has 0 aliphatic heterocycles. The van der Waals surface area contributed by atoms with E-state index in [9.17, 15) is 19.5 Å². The fraction of sp³-hybridized carbons (Fsp3) is 0.167. The number of ketones is 3. The minimum Gasteiger partial charge on any atom is -0.507 e. The third-order valence-corrected chi connectivity index (χ3v) is 8.97. The Morgan fingerprint density at radius 3 is 2.24 bits per heavy atom. The maximum atomic E-state index is 14.6. The number of carbonyl (C=O) groups excluding carboxylic acids is 3. The molecule has 4 aromatic rings. The van der Waals surface area contributed by atoms with Crippen LogP contribution in [0.4, 0.5) is 0 Å². The zero-order valence-corrected chi connectivity index (χ0v) is 18.0. The summed E-state index contributed by atoms with van der Waals surface area (Å²) in [6.45, 7) is 0. The molecule has 8 rings (SSSR count). The maximum absolute atomic E-state index is 14.6. The number of benzene rings is 4. The molecule has 0 radical (unpaired) electrons. The standard InChI is InChI=1S/C30H18O4/c31-22-13-5-12-20-25(22)23(32)14-21-26-27(33)16-8-1-2-9-17(16)30(28(26)34)19-11-4-7-15-6-3-10-18(24(15)19)29(20,21)30/h1-13,21,26,31H,14H2/t21-,26?,29-,30?/m1/s1. The van der Waals surface area contributed by atoms with Gasteiger partial charge in [-0.2, -0.15) is 0 Å². The number of hydrogen-bond acceptors (Lipinski definition) is 4. The Balaban J connectivity index is 1.70. The molecule has 2 bridgehead atoms. The fourth-order valence-electron chi connectivity index (χ4n) is 8.13. The highest BCUT2D eigenvalue weighted by atomic mass is 16.3. The van der Waals surface area contributed by atoms with Gasteiger partial charge in [-0.25, -0.2) is 0 Å². The zero-order chi connectivity index (χ0) is 23.0. The van der Waals surface area contributed by atoms with Gasteiger partial charge in [-0.1, -0.05) is 72.8 Å². The summed E-state index contributed by atoms with van der Waals surface area (Å²) in [5.74, 6) is -1.99. The van der Waals surface area contributed by atoms with Gasteiger partial charge in [-0.05, 0) is 45.0 Å². The first-order valence-electron chi connectivity index (χ1n) is 11.6. The molecule has 0 heterocycles. The van der Waals surface area contributed by atoms with E-state index < -0.39 is 22.7 Å². The molecule has 1 fully saturated rings. The molecule has 0 aromatic heterocycles. The minimum absolute atomic E-state index is 0.0484. The average molecular weight is 442 g/mol. The van der Waals surface area contributed by atoms with Gasteiger partial charge in [-0.3, -0.25) is 14.4 Å². The number of carbonyl (C=O) groups is 3. The van der Waals surface area contributed by atoms with E-state index in [0.717, 1.165) is 27.5 Å². The van der Waals surface area contributed by atoms with Crippen molar-refractivity contribution in [3.05, 3.63) is 112 Å². The summed E-state index contributed by atoms with van der Waals surface area (Å²) in [5, 5.41) is 12.9. The Bertz CT molecular complexity index is 1680. The molecule has 2 spiro atoms. The molecular weight excluding hydrogens is 424 g/mol. The molecule has 162 valence electrons. The monoisotopic (exact) mass is 442 g/mol. The van der Waals surface area contributed by atoms with E-state index in [0.29, 0.717) is 11.1 Å². The molecule has 34 heavy (non-hydrogen) atoms. The summed E-state index contributed by atoms with van der Waals surface area (Å²) in [6.07, 6.45) is 0.0484. The van der Waals surface area contributed by atoms with Gasteiger partial charge in [0.1, 0.15) is 5.75 Å². The Kier molecular flexibility index (Phi) is 2.99. The number of hydrogen-bond donors (Lipinski definition) is 1. The number of Topliss-reactive ketones (excluding diaryl/α,β-unsaturated/α-hetero) is 3. The first-order chi connectivity index (χ1) is 16.5. The number of phenols is 1. The Morgan fingerprint density at radius 2 is 1.41 bits per heavy atom. The van der Waals surface area contributed by atoms with Crippen molar-refractivity contribution in [2.45, 2.75) is 17.3 Å². The highest BCUT2D eigenvalue weighted by Gasteiger charge is 2.79. The van der Waals surface area contributed by atoms with Crippen molar-refractivity contribution in [2.24, 2.45) is 11.8 Å². The van der Waals surface area contributed by atoms with Crippen LogP contribution >= 0.6 is 0 Å². The van der Waals surface area contributed by atoms with Crippen molar-refractivity contribution in [2.75, 3.05) is 0 Å². The van der Waals surface area contributed by atoms with Crippen LogP contribution in [0.5, 0.6) is 5.75 Å². The molecular formula is C30H18O4. The summed E-state index contributed by atoms with van der Waals surface area (Å²) in [6, 6.07) is 24.7. The van der Waals surface area contributed by atoms with Crippen LogP contribution in [0.15, 0.2) is 78.9 Å². The lowest BCUT2D eigenvalue weighted by atomic mass is 9.51. The third-order valence-electron chi connectivity index (χ3n) is 8.97. The highest BCUT2D eigenvalue weighted by molar-refractivity contribution is 6.26. The van der Waals surface area contributed by atoms with Gasteiger partial charge in [0.2, 0.25) is 0 Å².